The second kappa shape index (κ2) is 14.1. The summed E-state index contributed by atoms with van der Waals surface area (Å²) in [5, 5.41) is 16.7. The Bertz CT molecular complexity index is 1850. The van der Waals surface area contributed by atoms with E-state index < -0.39 is 64.5 Å². The summed E-state index contributed by atoms with van der Waals surface area (Å²) in [6, 6.07) is 12.2. The van der Waals surface area contributed by atoms with Crippen LogP contribution in [0.5, 0.6) is 11.5 Å². The highest BCUT2D eigenvalue weighted by molar-refractivity contribution is 6.30. The minimum atomic E-state index is -1.52. The molecule has 3 amide bonds. The molecule has 2 aliphatic rings. The van der Waals surface area contributed by atoms with Gasteiger partial charge in [-0.3, -0.25) is 9.59 Å². The quantitative estimate of drug-likeness (QED) is 0.214. The maximum absolute atomic E-state index is 14.4. The minimum Gasteiger partial charge on any atom is -0.497 e. The van der Waals surface area contributed by atoms with Crippen LogP contribution in [0, 0.1) is 11.3 Å². The third-order valence-electron chi connectivity index (χ3n) is 9.06. The van der Waals surface area contributed by atoms with Crippen molar-refractivity contribution >= 4 is 46.4 Å². The van der Waals surface area contributed by atoms with E-state index in [0.717, 1.165) is 5.56 Å². The third kappa shape index (κ3) is 8.22. The summed E-state index contributed by atoms with van der Waals surface area (Å²) in [5.41, 5.74) is -1.14. The Kier molecular flexibility index (Phi) is 10.3. The summed E-state index contributed by atoms with van der Waals surface area (Å²) in [4.78, 5) is 59.9. The number of alkyl carbamates (subject to hydrolysis) is 1. The fraction of sp³-hybridized carbons (Fsp3) is 0.447. The van der Waals surface area contributed by atoms with Crippen molar-refractivity contribution in [1.29, 1.82) is 0 Å². The average Bonchev–Trinajstić information content (AvgIpc) is 3.61. The number of carboxylic acids is 1. The van der Waals surface area contributed by atoms with Gasteiger partial charge >= 0.3 is 12.1 Å². The Morgan fingerprint density at radius 2 is 1.76 bits per heavy atom. The molecule has 12 nitrogen and oxygen atoms in total. The molecule has 1 unspecified atom stereocenters. The van der Waals surface area contributed by atoms with Crippen LogP contribution in [-0.4, -0.2) is 81.8 Å². The molecule has 2 heterocycles. The fourth-order valence-electron chi connectivity index (χ4n) is 6.28. The molecule has 0 bridgehead atoms. The van der Waals surface area contributed by atoms with E-state index >= 15 is 0 Å². The zero-order valence-electron chi connectivity index (χ0n) is 29.9. The van der Waals surface area contributed by atoms with Crippen molar-refractivity contribution in [2.45, 2.75) is 83.7 Å². The molecule has 13 heteroatoms. The molecule has 3 N–H and O–H groups in total. The van der Waals surface area contributed by atoms with Crippen LogP contribution in [0.4, 0.5) is 4.79 Å². The number of aliphatic carboxylic acids is 1. The molecule has 0 radical (unpaired) electrons. The number of methoxy groups -OCH3 is 1. The highest BCUT2D eigenvalue weighted by Gasteiger charge is 2.61. The first-order valence-electron chi connectivity index (χ1n) is 16.7. The fourth-order valence-corrected chi connectivity index (χ4v) is 6.41. The van der Waals surface area contributed by atoms with E-state index in [2.05, 4.69) is 17.2 Å². The van der Waals surface area contributed by atoms with Crippen molar-refractivity contribution in [1.82, 2.24) is 20.5 Å². The van der Waals surface area contributed by atoms with Crippen molar-refractivity contribution in [3.63, 3.8) is 0 Å². The molecule has 1 aliphatic carbocycles. The van der Waals surface area contributed by atoms with Gasteiger partial charge in [0.25, 0.3) is 0 Å². The lowest BCUT2D eigenvalue weighted by molar-refractivity contribution is -0.146. The summed E-state index contributed by atoms with van der Waals surface area (Å²) in [6.45, 7) is 14.2. The van der Waals surface area contributed by atoms with Gasteiger partial charge in [0.1, 0.15) is 40.8 Å². The van der Waals surface area contributed by atoms with Gasteiger partial charge in [-0.25, -0.2) is 14.6 Å². The first-order valence-corrected chi connectivity index (χ1v) is 17.1. The standard InChI is InChI=1S/C38H45ClN4O8/c1-9-22-19-38(22,34(46)47)42-32(44)29-17-25(20-43(29)33(45)31(36(2,3)4)41-35(48)51-37(5,6)7)50-30-18-27(21-10-12-23(39)13-11-21)40-28-16-24(49-8)14-15-26(28)30/h9-16,18,22,25,29,31H,1,17,19-20H2,2-8H3,(H,41,48)(H,42,44)(H,46,47)/t22-,25+,29-,31+,38?/m0/s1. The van der Waals surface area contributed by atoms with Crippen molar-refractivity contribution in [3.8, 4) is 22.8 Å². The molecule has 3 aromatic rings. The molecule has 1 aliphatic heterocycles. The number of carbonyl (C=O) groups is 4. The van der Waals surface area contributed by atoms with Crippen molar-refractivity contribution < 1.29 is 38.5 Å². The number of amides is 3. The Morgan fingerprint density at radius 3 is 2.33 bits per heavy atom. The molecule has 5 atom stereocenters. The van der Waals surface area contributed by atoms with Crippen LogP contribution >= 0.6 is 11.6 Å². The lowest BCUT2D eigenvalue weighted by atomic mass is 9.85. The van der Waals surface area contributed by atoms with E-state index in [1.54, 1.807) is 79.0 Å². The lowest BCUT2D eigenvalue weighted by Crippen LogP contribution is -2.59. The molecule has 1 saturated heterocycles. The highest BCUT2D eigenvalue weighted by Crippen LogP contribution is 2.45. The zero-order valence-corrected chi connectivity index (χ0v) is 30.7. The molecule has 1 saturated carbocycles. The lowest BCUT2D eigenvalue weighted by Gasteiger charge is -2.35. The molecule has 2 fully saturated rings. The van der Waals surface area contributed by atoms with Gasteiger partial charge in [0.15, 0.2) is 0 Å². The number of carbonyl (C=O) groups excluding carboxylic acids is 3. The minimum absolute atomic E-state index is 0.0271. The van der Waals surface area contributed by atoms with E-state index in [-0.39, 0.29) is 19.4 Å². The number of nitrogens with one attached hydrogen (secondary N) is 2. The number of nitrogens with zero attached hydrogens (tertiary/aromatic N) is 2. The largest absolute Gasteiger partial charge is 0.497 e. The van der Waals surface area contributed by atoms with Crippen LogP contribution in [0.2, 0.25) is 5.02 Å². The first-order chi connectivity index (χ1) is 23.8. The van der Waals surface area contributed by atoms with Gasteiger partial charge in [-0.15, -0.1) is 6.58 Å². The van der Waals surface area contributed by atoms with Gasteiger partial charge in [-0.05, 0) is 56.9 Å². The normalized spacial score (nSPS) is 22.1. The second-order valence-electron chi connectivity index (χ2n) is 15.1. The predicted molar refractivity (Wildman–Crippen MR) is 193 cm³/mol. The molecular formula is C38H45ClN4O8. The monoisotopic (exact) mass is 720 g/mol. The Labute approximate surface area is 302 Å². The number of pyridine rings is 1. The van der Waals surface area contributed by atoms with Crippen LogP contribution in [0.3, 0.4) is 0 Å². The molecule has 1 aromatic heterocycles. The van der Waals surface area contributed by atoms with E-state index in [1.807, 2.05) is 18.2 Å². The SMILES string of the molecule is C=C[C@H]1CC1(NC(=O)[C@@H]1C[C@@H](Oc2cc(-c3ccc(Cl)cc3)nc3cc(OC)ccc23)CN1C(=O)[C@@H](NC(=O)OC(C)(C)C)C(C)(C)C)C(=O)O. The number of fused-ring (bicyclic) bond motifs is 1. The van der Waals surface area contributed by atoms with E-state index in [9.17, 15) is 24.3 Å². The second-order valence-corrected chi connectivity index (χ2v) is 15.6. The molecule has 5 rings (SSSR count). The molecule has 272 valence electrons. The number of benzene rings is 2. The van der Waals surface area contributed by atoms with Gasteiger partial charge in [-0.2, -0.15) is 0 Å². The number of likely N-dealkylation sites (tertiary alicyclic amines) is 1. The Balaban J connectivity index is 1.51. The first kappa shape index (κ1) is 37.4. The number of hydrogen-bond acceptors (Lipinski definition) is 8. The number of carboxylic acid groups (broad SMARTS) is 1. The molecule has 2 aromatic carbocycles. The topological polar surface area (TPSA) is 156 Å². The summed E-state index contributed by atoms with van der Waals surface area (Å²) in [6.07, 6.45) is 0.246. The van der Waals surface area contributed by atoms with Crippen LogP contribution < -0.4 is 20.1 Å². The summed E-state index contributed by atoms with van der Waals surface area (Å²) < 4.78 is 17.5. The van der Waals surface area contributed by atoms with Crippen molar-refractivity contribution in [3.05, 3.63) is 66.2 Å². The maximum atomic E-state index is 14.4. The van der Waals surface area contributed by atoms with Gasteiger partial charge in [0.2, 0.25) is 11.8 Å². The molecular weight excluding hydrogens is 676 g/mol. The van der Waals surface area contributed by atoms with Crippen LogP contribution in [-0.2, 0) is 19.1 Å². The number of aromatic nitrogens is 1. The Morgan fingerprint density at radius 1 is 1.08 bits per heavy atom. The number of halogens is 1. The average molecular weight is 721 g/mol. The summed E-state index contributed by atoms with van der Waals surface area (Å²) in [7, 11) is 1.56. The van der Waals surface area contributed by atoms with E-state index in [1.165, 1.54) is 11.0 Å². The third-order valence-corrected chi connectivity index (χ3v) is 9.31. The number of hydrogen-bond donors (Lipinski definition) is 3. The number of rotatable bonds is 10. The smallest absolute Gasteiger partial charge is 0.408 e. The maximum Gasteiger partial charge on any atom is 0.408 e. The summed E-state index contributed by atoms with van der Waals surface area (Å²) >= 11 is 6.15. The van der Waals surface area contributed by atoms with Crippen LogP contribution in [0.1, 0.15) is 54.4 Å². The zero-order chi connectivity index (χ0) is 37.5. The van der Waals surface area contributed by atoms with Gasteiger partial charge in [0, 0.05) is 40.4 Å². The molecule has 0 spiro atoms. The van der Waals surface area contributed by atoms with E-state index in [4.69, 9.17) is 30.8 Å². The highest BCUT2D eigenvalue weighted by atomic mass is 35.5. The van der Waals surface area contributed by atoms with E-state index in [0.29, 0.717) is 33.1 Å². The van der Waals surface area contributed by atoms with Gasteiger partial charge < -0.3 is 34.9 Å². The van der Waals surface area contributed by atoms with Crippen LogP contribution in [0.15, 0.2) is 61.2 Å². The summed E-state index contributed by atoms with van der Waals surface area (Å²) in [5.74, 6) is -1.76. The van der Waals surface area contributed by atoms with Gasteiger partial charge in [-0.1, -0.05) is 50.6 Å². The van der Waals surface area contributed by atoms with Crippen molar-refractivity contribution in [2.75, 3.05) is 13.7 Å². The van der Waals surface area contributed by atoms with Crippen molar-refractivity contribution in [2.24, 2.45) is 11.3 Å². The number of ether oxygens (including phenoxy) is 3. The molecule has 51 heavy (non-hydrogen) atoms. The predicted octanol–water partition coefficient (Wildman–Crippen LogP) is 6.00. The van der Waals surface area contributed by atoms with Gasteiger partial charge in [0.05, 0.1) is 24.9 Å². The Hall–Kier alpha value is -4.84. The van der Waals surface area contributed by atoms with Crippen LogP contribution in [0.25, 0.3) is 22.2 Å².